The Morgan fingerprint density at radius 3 is 2.40 bits per heavy atom. The SMILES string of the molecule is C=CC[Si](C)(C)CCc1ccc(Br)cc1. The van der Waals surface area contributed by atoms with E-state index < -0.39 is 8.07 Å². The topological polar surface area (TPSA) is 0 Å². The molecule has 1 aromatic carbocycles. The van der Waals surface area contributed by atoms with Crippen LogP contribution in [-0.4, -0.2) is 8.07 Å². The van der Waals surface area contributed by atoms with Crippen LogP contribution in [0.5, 0.6) is 0 Å². The molecule has 2 heteroatoms. The first-order chi connectivity index (χ1) is 7.03. The summed E-state index contributed by atoms with van der Waals surface area (Å²) in [6, 6.07) is 11.2. The molecule has 0 aromatic heterocycles. The summed E-state index contributed by atoms with van der Waals surface area (Å²) in [5.74, 6) is 0. The van der Waals surface area contributed by atoms with Crippen LogP contribution in [0.1, 0.15) is 5.56 Å². The maximum Gasteiger partial charge on any atom is 0.0514 e. The number of hydrogen-bond donors (Lipinski definition) is 0. The van der Waals surface area contributed by atoms with Gasteiger partial charge in [-0.2, -0.15) is 0 Å². The van der Waals surface area contributed by atoms with Crippen LogP contribution in [0, 0.1) is 0 Å². The van der Waals surface area contributed by atoms with Crippen LogP contribution < -0.4 is 0 Å². The summed E-state index contributed by atoms with van der Waals surface area (Å²) in [5, 5.41) is 0. The molecule has 1 aromatic rings. The van der Waals surface area contributed by atoms with Crippen LogP contribution in [0.4, 0.5) is 0 Å². The summed E-state index contributed by atoms with van der Waals surface area (Å²) in [6.45, 7) is 8.72. The maximum absolute atomic E-state index is 3.84. The highest BCUT2D eigenvalue weighted by atomic mass is 79.9. The van der Waals surface area contributed by atoms with E-state index in [-0.39, 0.29) is 0 Å². The third-order valence-electron chi connectivity index (χ3n) is 2.70. The Bertz CT molecular complexity index is 314. The highest BCUT2D eigenvalue weighted by Gasteiger charge is 2.17. The van der Waals surface area contributed by atoms with Crippen LogP contribution in [0.15, 0.2) is 41.4 Å². The predicted octanol–water partition coefficient (Wildman–Crippen LogP) is 4.89. The van der Waals surface area contributed by atoms with Gasteiger partial charge in [0.1, 0.15) is 0 Å². The van der Waals surface area contributed by atoms with Gasteiger partial charge in [-0.25, -0.2) is 0 Å². The van der Waals surface area contributed by atoms with E-state index >= 15 is 0 Å². The molecular formula is C13H19BrSi. The van der Waals surface area contributed by atoms with Gasteiger partial charge in [0.2, 0.25) is 0 Å². The number of allylic oxidation sites excluding steroid dienone is 1. The largest absolute Gasteiger partial charge is 0.103 e. The zero-order chi connectivity index (χ0) is 11.3. The molecule has 0 nitrogen and oxygen atoms in total. The molecule has 0 saturated carbocycles. The van der Waals surface area contributed by atoms with Gasteiger partial charge >= 0.3 is 0 Å². The molecule has 0 aliphatic carbocycles. The van der Waals surface area contributed by atoms with E-state index in [1.807, 2.05) is 0 Å². The highest BCUT2D eigenvalue weighted by Crippen LogP contribution is 2.19. The van der Waals surface area contributed by atoms with Crippen LogP contribution in [0.25, 0.3) is 0 Å². The Morgan fingerprint density at radius 1 is 1.27 bits per heavy atom. The number of rotatable bonds is 5. The van der Waals surface area contributed by atoms with Crippen molar-refractivity contribution in [1.29, 1.82) is 0 Å². The molecule has 0 bridgehead atoms. The molecule has 0 atom stereocenters. The average molecular weight is 283 g/mol. The molecule has 0 spiro atoms. The Hall–Kier alpha value is -0.343. The normalized spacial score (nSPS) is 11.4. The van der Waals surface area contributed by atoms with Crippen molar-refractivity contribution in [3.05, 3.63) is 47.0 Å². The van der Waals surface area contributed by atoms with Gasteiger partial charge in [0, 0.05) is 4.47 Å². The van der Waals surface area contributed by atoms with Gasteiger partial charge in [-0.15, -0.1) is 6.58 Å². The van der Waals surface area contributed by atoms with E-state index in [0.717, 1.165) is 4.47 Å². The first kappa shape index (κ1) is 12.7. The van der Waals surface area contributed by atoms with Gasteiger partial charge in [0.25, 0.3) is 0 Å². The molecule has 0 N–H and O–H groups in total. The summed E-state index contributed by atoms with van der Waals surface area (Å²) in [5.41, 5.74) is 1.45. The first-order valence-corrected chi connectivity index (χ1v) is 9.59. The molecule has 15 heavy (non-hydrogen) atoms. The van der Waals surface area contributed by atoms with E-state index in [1.54, 1.807) is 0 Å². The van der Waals surface area contributed by atoms with Gasteiger partial charge < -0.3 is 0 Å². The van der Waals surface area contributed by atoms with Crippen molar-refractivity contribution in [1.82, 2.24) is 0 Å². The summed E-state index contributed by atoms with van der Waals surface area (Å²) >= 11 is 3.46. The lowest BCUT2D eigenvalue weighted by Gasteiger charge is -2.20. The standard InChI is InChI=1S/C13H19BrSi/c1-4-10-15(2,3)11-9-12-5-7-13(14)8-6-12/h4-8H,1,9-11H2,2-3H3. The zero-order valence-electron chi connectivity index (χ0n) is 9.59. The van der Waals surface area contributed by atoms with Crippen molar-refractivity contribution < 1.29 is 0 Å². The zero-order valence-corrected chi connectivity index (χ0v) is 12.2. The monoisotopic (exact) mass is 282 g/mol. The second kappa shape index (κ2) is 5.66. The Balaban J connectivity index is 2.49. The van der Waals surface area contributed by atoms with Crippen LogP contribution >= 0.6 is 15.9 Å². The van der Waals surface area contributed by atoms with Crippen LogP contribution in [-0.2, 0) is 6.42 Å². The molecular weight excluding hydrogens is 264 g/mol. The van der Waals surface area contributed by atoms with Crippen molar-refractivity contribution in [3.8, 4) is 0 Å². The maximum atomic E-state index is 3.84. The summed E-state index contributed by atoms with van der Waals surface area (Å²) < 4.78 is 1.16. The van der Waals surface area contributed by atoms with Crippen molar-refractivity contribution >= 4 is 24.0 Å². The smallest absolute Gasteiger partial charge is 0.0514 e. The third kappa shape index (κ3) is 4.80. The highest BCUT2D eigenvalue weighted by molar-refractivity contribution is 9.10. The lowest BCUT2D eigenvalue weighted by Crippen LogP contribution is -2.24. The molecule has 0 amide bonds. The molecule has 0 heterocycles. The number of aryl methyl sites for hydroxylation is 1. The fraction of sp³-hybridized carbons (Fsp3) is 0.385. The minimum absolute atomic E-state index is 1.03. The van der Waals surface area contributed by atoms with Gasteiger partial charge in [-0.3, -0.25) is 0 Å². The van der Waals surface area contributed by atoms with Crippen molar-refractivity contribution in [2.24, 2.45) is 0 Å². The van der Waals surface area contributed by atoms with E-state index in [1.165, 1.54) is 24.1 Å². The van der Waals surface area contributed by atoms with Crippen molar-refractivity contribution in [2.75, 3.05) is 0 Å². The number of hydrogen-bond acceptors (Lipinski definition) is 0. The Kier molecular flexibility index (Phi) is 4.80. The molecule has 1 rings (SSSR count). The fourth-order valence-electron chi connectivity index (χ4n) is 1.63. The van der Waals surface area contributed by atoms with E-state index in [4.69, 9.17) is 0 Å². The van der Waals surface area contributed by atoms with E-state index in [2.05, 4.69) is 65.9 Å². The van der Waals surface area contributed by atoms with Crippen molar-refractivity contribution in [3.63, 3.8) is 0 Å². The average Bonchev–Trinajstić information content (AvgIpc) is 2.17. The lowest BCUT2D eigenvalue weighted by atomic mass is 10.2. The quantitative estimate of drug-likeness (QED) is 0.533. The first-order valence-electron chi connectivity index (χ1n) is 5.39. The lowest BCUT2D eigenvalue weighted by molar-refractivity contribution is 1.08. The number of benzene rings is 1. The summed E-state index contributed by atoms with van der Waals surface area (Å²) in [4.78, 5) is 0. The van der Waals surface area contributed by atoms with Gasteiger partial charge in [-0.1, -0.05) is 53.3 Å². The minimum atomic E-state index is -1.03. The second-order valence-corrected chi connectivity index (χ2v) is 10.9. The summed E-state index contributed by atoms with van der Waals surface area (Å²) in [7, 11) is -1.03. The minimum Gasteiger partial charge on any atom is -0.103 e. The van der Waals surface area contributed by atoms with Crippen LogP contribution in [0.3, 0.4) is 0 Å². The van der Waals surface area contributed by atoms with Crippen LogP contribution in [0.2, 0.25) is 25.2 Å². The van der Waals surface area contributed by atoms with Gasteiger partial charge in [-0.05, 0) is 30.2 Å². The third-order valence-corrected chi connectivity index (χ3v) is 6.23. The molecule has 82 valence electrons. The van der Waals surface area contributed by atoms with E-state index in [9.17, 15) is 0 Å². The molecule has 0 aliphatic heterocycles. The second-order valence-electron chi connectivity index (χ2n) is 4.78. The Labute approximate surface area is 103 Å². The Morgan fingerprint density at radius 2 is 1.87 bits per heavy atom. The van der Waals surface area contributed by atoms with Gasteiger partial charge in [0.15, 0.2) is 0 Å². The molecule has 0 unspecified atom stereocenters. The predicted molar refractivity (Wildman–Crippen MR) is 75.1 cm³/mol. The molecule has 0 aliphatic rings. The van der Waals surface area contributed by atoms with Crippen molar-refractivity contribution in [2.45, 2.75) is 31.6 Å². The summed E-state index contributed by atoms with van der Waals surface area (Å²) in [6.07, 6.45) is 3.29. The molecule has 0 fully saturated rings. The van der Waals surface area contributed by atoms with E-state index in [0.29, 0.717) is 0 Å². The fourth-order valence-corrected chi connectivity index (χ4v) is 3.84. The van der Waals surface area contributed by atoms with Gasteiger partial charge in [0.05, 0.1) is 8.07 Å². The molecule has 0 saturated heterocycles. The number of halogens is 1. The molecule has 0 radical (unpaired) electrons.